The van der Waals surface area contributed by atoms with E-state index in [0.717, 1.165) is 22.9 Å². The van der Waals surface area contributed by atoms with Gasteiger partial charge in [0.1, 0.15) is 0 Å². The van der Waals surface area contributed by atoms with Gasteiger partial charge in [-0.25, -0.2) is 4.68 Å². The number of para-hydroxylation sites is 1. The first-order chi connectivity index (χ1) is 10.7. The molecule has 0 aliphatic heterocycles. The van der Waals surface area contributed by atoms with Gasteiger partial charge < -0.3 is 11.2 Å². The largest absolute Gasteiger partial charge is 0.453 e. The SMILES string of the molecule is Cc1cccc(C)c1NC(=O)CSc1nnc(C(F)(F)F)n1N. The topological polar surface area (TPSA) is 85.8 Å². The van der Waals surface area contributed by atoms with Gasteiger partial charge in [0.15, 0.2) is 0 Å². The number of amides is 1. The number of hydrogen-bond donors (Lipinski definition) is 2. The molecule has 0 unspecified atom stereocenters. The fraction of sp³-hybridized carbons (Fsp3) is 0.308. The lowest BCUT2D eigenvalue weighted by Crippen LogP contribution is -2.22. The number of hydrogen-bond acceptors (Lipinski definition) is 5. The smallest absolute Gasteiger partial charge is 0.335 e. The lowest BCUT2D eigenvalue weighted by atomic mass is 10.1. The van der Waals surface area contributed by atoms with Gasteiger partial charge in [0.25, 0.3) is 5.82 Å². The zero-order valence-corrected chi connectivity index (χ0v) is 13.1. The quantitative estimate of drug-likeness (QED) is 0.656. The van der Waals surface area contributed by atoms with E-state index in [2.05, 4.69) is 15.5 Å². The Morgan fingerprint density at radius 3 is 2.43 bits per heavy atom. The third-order valence-electron chi connectivity index (χ3n) is 3.00. The number of nitrogens with one attached hydrogen (secondary N) is 1. The van der Waals surface area contributed by atoms with Crippen LogP contribution in [0.3, 0.4) is 0 Å². The second kappa shape index (κ2) is 6.49. The van der Waals surface area contributed by atoms with Crippen LogP contribution >= 0.6 is 11.8 Å². The Hall–Kier alpha value is -2.23. The number of aryl methyl sites for hydroxylation is 2. The summed E-state index contributed by atoms with van der Waals surface area (Å²) in [6.07, 6.45) is -4.69. The number of halogens is 3. The van der Waals surface area contributed by atoms with Crippen molar-refractivity contribution in [2.24, 2.45) is 0 Å². The molecule has 2 rings (SSSR count). The predicted octanol–water partition coefficient (Wildman–Crippen LogP) is 2.36. The van der Waals surface area contributed by atoms with Crippen LogP contribution in [0, 0.1) is 13.8 Å². The van der Waals surface area contributed by atoms with Crippen LogP contribution in [-0.2, 0) is 11.0 Å². The van der Waals surface area contributed by atoms with Crippen molar-refractivity contribution in [3.05, 3.63) is 35.2 Å². The first-order valence-corrected chi connectivity index (χ1v) is 7.45. The highest BCUT2D eigenvalue weighted by Gasteiger charge is 2.38. The number of nitrogens with zero attached hydrogens (tertiary/aromatic N) is 3. The van der Waals surface area contributed by atoms with Crippen molar-refractivity contribution >= 4 is 23.4 Å². The van der Waals surface area contributed by atoms with Crippen molar-refractivity contribution in [2.45, 2.75) is 25.2 Å². The molecule has 0 atom stereocenters. The fourth-order valence-electron chi connectivity index (χ4n) is 1.89. The highest BCUT2D eigenvalue weighted by molar-refractivity contribution is 7.99. The maximum Gasteiger partial charge on any atom is 0.453 e. The molecule has 0 spiro atoms. The van der Waals surface area contributed by atoms with Crippen LogP contribution in [-0.4, -0.2) is 26.5 Å². The zero-order valence-electron chi connectivity index (χ0n) is 12.3. The van der Waals surface area contributed by atoms with Gasteiger partial charge in [-0.3, -0.25) is 4.79 Å². The summed E-state index contributed by atoms with van der Waals surface area (Å²) < 4.78 is 38.0. The van der Waals surface area contributed by atoms with E-state index in [1.54, 1.807) is 0 Å². The lowest BCUT2D eigenvalue weighted by molar-refractivity contribution is -0.146. The summed E-state index contributed by atoms with van der Waals surface area (Å²) in [5.74, 6) is 3.48. The van der Waals surface area contributed by atoms with Gasteiger partial charge in [0.05, 0.1) is 5.75 Å². The molecule has 1 heterocycles. The van der Waals surface area contributed by atoms with Crippen LogP contribution in [0.4, 0.5) is 18.9 Å². The summed E-state index contributed by atoms with van der Waals surface area (Å²) in [6, 6.07) is 5.56. The Kier molecular flexibility index (Phi) is 4.83. The number of nitrogens with two attached hydrogens (primary N) is 1. The van der Waals surface area contributed by atoms with Crippen LogP contribution in [0.1, 0.15) is 17.0 Å². The van der Waals surface area contributed by atoms with E-state index in [1.165, 1.54) is 0 Å². The Morgan fingerprint density at radius 2 is 1.91 bits per heavy atom. The summed E-state index contributed by atoms with van der Waals surface area (Å²) in [5.41, 5.74) is 2.47. The van der Waals surface area contributed by atoms with E-state index in [0.29, 0.717) is 10.4 Å². The van der Waals surface area contributed by atoms with Gasteiger partial charge in [-0.05, 0) is 25.0 Å². The Bertz CT molecular complexity index is 709. The third kappa shape index (κ3) is 3.95. The second-order valence-electron chi connectivity index (χ2n) is 4.78. The average Bonchev–Trinajstić information content (AvgIpc) is 2.82. The van der Waals surface area contributed by atoms with Crippen LogP contribution in [0.2, 0.25) is 0 Å². The molecule has 0 saturated heterocycles. The number of carbonyl (C=O) groups excluding carboxylic acids is 1. The number of thioether (sulfide) groups is 1. The molecule has 2 aromatic rings. The number of nitrogen functional groups attached to an aromatic ring is 1. The second-order valence-corrected chi connectivity index (χ2v) is 5.72. The number of rotatable bonds is 4. The van der Waals surface area contributed by atoms with Crippen LogP contribution < -0.4 is 11.2 Å². The Morgan fingerprint density at radius 1 is 1.30 bits per heavy atom. The maximum absolute atomic E-state index is 12.5. The van der Waals surface area contributed by atoms with Gasteiger partial charge in [-0.1, -0.05) is 30.0 Å². The first kappa shape index (κ1) is 17.1. The normalized spacial score (nSPS) is 11.5. The van der Waals surface area contributed by atoms with E-state index in [4.69, 9.17) is 5.84 Å². The minimum Gasteiger partial charge on any atom is -0.335 e. The molecule has 0 saturated carbocycles. The van der Waals surface area contributed by atoms with E-state index in [9.17, 15) is 18.0 Å². The molecule has 6 nitrogen and oxygen atoms in total. The lowest BCUT2D eigenvalue weighted by Gasteiger charge is -2.11. The average molecular weight is 345 g/mol. The Labute approximate surface area is 134 Å². The summed E-state index contributed by atoms with van der Waals surface area (Å²) >= 11 is 0.775. The molecule has 0 aliphatic carbocycles. The van der Waals surface area contributed by atoms with Crippen LogP contribution in [0.15, 0.2) is 23.4 Å². The molecule has 3 N–H and O–H groups in total. The number of anilines is 1. The predicted molar refractivity (Wildman–Crippen MR) is 80.4 cm³/mol. The molecule has 23 heavy (non-hydrogen) atoms. The Balaban J connectivity index is 2.02. The van der Waals surface area contributed by atoms with Crippen LogP contribution in [0.25, 0.3) is 0 Å². The van der Waals surface area contributed by atoms with Crippen molar-refractivity contribution in [1.29, 1.82) is 0 Å². The molecule has 0 bridgehead atoms. The van der Waals surface area contributed by atoms with Gasteiger partial charge in [0.2, 0.25) is 11.1 Å². The van der Waals surface area contributed by atoms with E-state index in [1.807, 2.05) is 32.0 Å². The number of benzene rings is 1. The summed E-state index contributed by atoms with van der Waals surface area (Å²) in [4.78, 5) is 12.0. The van der Waals surface area contributed by atoms with Crippen molar-refractivity contribution in [3.63, 3.8) is 0 Å². The van der Waals surface area contributed by atoms with Crippen molar-refractivity contribution in [1.82, 2.24) is 14.9 Å². The number of alkyl halides is 3. The third-order valence-corrected chi connectivity index (χ3v) is 3.94. The first-order valence-electron chi connectivity index (χ1n) is 6.46. The van der Waals surface area contributed by atoms with Crippen molar-refractivity contribution in [3.8, 4) is 0 Å². The van der Waals surface area contributed by atoms with Gasteiger partial charge in [-0.15, -0.1) is 10.2 Å². The summed E-state index contributed by atoms with van der Waals surface area (Å²) in [5, 5.41) is 8.87. The van der Waals surface area contributed by atoms with E-state index >= 15 is 0 Å². The highest BCUT2D eigenvalue weighted by atomic mass is 32.2. The standard InChI is InChI=1S/C13H14F3N5OS/c1-7-4-3-5-8(2)10(7)18-9(22)6-23-12-20-19-11(21(12)17)13(14,15)16/h3-5H,6,17H2,1-2H3,(H,18,22). The van der Waals surface area contributed by atoms with Gasteiger partial charge in [-0.2, -0.15) is 13.2 Å². The molecule has 0 fully saturated rings. The molecule has 1 amide bonds. The number of carbonyl (C=O) groups is 1. The molecule has 124 valence electrons. The molecule has 1 aromatic heterocycles. The fourth-order valence-corrected chi connectivity index (χ4v) is 2.54. The van der Waals surface area contributed by atoms with E-state index < -0.39 is 12.0 Å². The zero-order chi connectivity index (χ0) is 17.2. The number of aromatic nitrogens is 3. The monoisotopic (exact) mass is 345 g/mol. The van der Waals surface area contributed by atoms with Gasteiger partial charge in [0, 0.05) is 5.69 Å². The van der Waals surface area contributed by atoms with Gasteiger partial charge >= 0.3 is 6.18 Å². The molecule has 1 aromatic carbocycles. The van der Waals surface area contributed by atoms with Crippen molar-refractivity contribution < 1.29 is 18.0 Å². The van der Waals surface area contributed by atoms with E-state index in [-0.39, 0.29) is 16.8 Å². The summed E-state index contributed by atoms with van der Waals surface area (Å²) in [7, 11) is 0. The maximum atomic E-state index is 12.5. The molecule has 0 radical (unpaired) electrons. The molecular formula is C13H14F3N5OS. The summed E-state index contributed by atoms with van der Waals surface area (Å²) in [6.45, 7) is 3.70. The highest BCUT2D eigenvalue weighted by Crippen LogP contribution is 2.29. The molecule has 0 aliphatic rings. The molecule has 10 heteroatoms. The minimum absolute atomic E-state index is 0.138. The van der Waals surface area contributed by atoms with Crippen LogP contribution in [0.5, 0.6) is 0 Å². The van der Waals surface area contributed by atoms with Crippen molar-refractivity contribution in [2.75, 3.05) is 16.9 Å². The minimum atomic E-state index is -4.69. The molecular weight excluding hydrogens is 331 g/mol.